The third-order valence-corrected chi connectivity index (χ3v) is 3.18. The van der Waals surface area contributed by atoms with Gasteiger partial charge < -0.3 is 5.32 Å². The van der Waals surface area contributed by atoms with Crippen molar-refractivity contribution in [3.63, 3.8) is 0 Å². The lowest BCUT2D eigenvalue weighted by molar-refractivity contribution is -0.137. The van der Waals surface area contributed by atoms with Crippen LogP contribution in [0.2, 0.25) is 0 Å². The Morgan fingerprint density at radius 1 is 1.30 bits per heavy atom. The first-order chi connectivity index (χ1) is 9.41. The van der Waals surface area contributed by atoms with Gasteiger partial charge in [-0.05, 0) is 32.0 Å². The van der Waals surface area contributed by atoms with Crippen molar-refractivity contribution in [2.24, 2.45) is 0 Å². The highest BCUT2D eigenvalue weighted by Crippen LogP contribution is 2.30. The van der Waals surface area contributed by atoms with E-state index in [4.69, 9.17) is 0 Å². The Balaban J connectivity index is 2.09. The average molecular weight is 283 g/mol. The van der Waals surface area contributed by atoms with Crippen molar-refractivity contribution in [2.75, 3.05) is 5.32 Å². The third-order valence-electron chi connectivity index (χ3n) is 3.18. The van der Waals surface area contributed by atoms with Crippen LogP contribution in [0, 0.1) is 6.92 Å². The lowest BCUT2D eigenvalue weighted by atomic mass is 10.2. The molecule has 0 spiro atoms. The molecule has 2 aromatic rings. The molecule has 1 aromatic heterocycles. The third kappa shape index (κ3) is 3.12. The highest BCUT2D eigenvalue weighted by molar-refractivity contribution is 5.47. The van der Waals surface area contributed by atoms with Gasteiger partial charge in [0.15, 0.2) is 0 Å². The molecule has 6 heteroatoms. The Hall–Kier alpha value is -1.98. The van der Waals surface area contributed by atoms with Crippen molar-refractivity contribution in [1.82, 2.24) is 9.78 Å². The average Bonchev–Trinajstić information content (AvgIpc) is 2.76. The smallest absolute Gasteiger partial charge is 0.381 e. The van der Waals surface area contributed by atoms with E-state index >= 15 is 0 Å². The van der Waals surface area contributed by atoms with E-state index in [0.29, 0.717) is 12.2 Å². The summed E-state index contributed by atoms with van der Waals surface area (Å²) in [6.07, 6.45) is -2.58. The van der Waals surface area contributed by atoms with Crippen LogP contribution in [0.5, 0.6) is 0 Å². The first-order valence-corrected chi connectivity index (χ1v) is 6.34. The van der Waals surface area contributed by atoms with Crippen molar-refractivity contribution in [2.45, 2.75) is 33.1 Å². The molecular formula is C14H16F3N3. The van der Waals surface area contributed by atoms with Crippen molar-refractivity contribution in [1.29, 1.82) is 0 Å². The van der Waals surface area contributed by atoms with Gasteiger partial charge in [-0.3, -0.25) is 4.68 Å². The fraction of sp³-hybridized carbons (Fsp3) is 0.357. The second-order valence-corrected chi connectivity index (χ2v) is 4.50. The number of halogens is 3. The number of alkyl halides is 3. The number of aromatic nitrogens is 2. The largest absolute Gasteiger partial charge is 0.416 e. The Morgan fingerprint density at radius 2 is 2.05 bits per heavy atom. The minimum absolute atomic E-state index is 0.448. The molecule has 0 aliphatic heterocycles. The molecule has 0 aliphatic rings. The number of rotatable bonds is 4. The van der Waals surface area contributed by atoms with E-state index in [-0.39, 0.29) is 0 Å². The van der Waals surface area contributed by atoms with Crippen molar-refractivity contribution in [3.05, 3.63) is 47.3 Å². The number of aryl methyl sites for hydroxylation is 1. The van der Waals surface area contributed by atoms with Gasteiger partial charge in [-0.15, -0.1) is 0 Å². The van der Waals surface area contributed by atoms with Gasteiger partial charge in [-0.25, -0.2) is 0 Å². The Bertz CT molecular complexity index is 588. The topological polar surface area (TPSA) is 29.9 Å². The highest BCUT2D eigenvalue weighted by Gasteiger charge is 2.30. The lowest BCUT2D eigenvalue weighted by Crippen LogP contribution is -2.07. The summed E-state index contributed by atoms with van der Waals surface area (Å²) in [5.41, 5.74) is 1.79. The Kier molecular flexibility index (Phi) is 4.01. The Labute approximate surface area is 115 Å². The van der Waals surface area contributed by atoms with Gasteiger partial charge in [0.05, 0.1) is 11.8 Å². The van der Waals surface area contributed by atoms with Crippen molar-refractivity contribution >= 4 is 5.69 Å². The molecular weight excluding hydrogens is 267 g/mol. The first kappa shape index (κ1) is 14.4. The summed E-state index contributed by atoms with van der Waals surface area (Å²) in [5.74, 6) is 0. The van der Waals surface area contributed by atoms with Crippen LogP contribution >= 0.6 is 0 Å². The number of anilines is 1. The van der Waals surface area contributed by atoms with Crippen LogP contribution in [0.1, 0.15) is 23.7 Å². The van der Waals surface area contributed by atoms with Gasteiger partial charge >= 0.3 is 6.18 Å². The van der Waals surface area contributed by atoms with Crippen LogP contribution < -0.4 is 5.32 Å². The second kappa shape index (κ2) is 5.56. The van der Waals surface area contributed by atoms with Gasteiger partial charge in [0.2, 0.25) is 0 Å². The number of hydrogen-bond acceptors (Lipinski definition) is 2. The predicted molar refractivity (Wildman–Crippen MR) is 71.4 cm³/mol. The molecule has 0 unspecified atom stereocenters. The van der Waals surface area contributed by atoms with Crippen LogP contribution in [0.15, 0.2) is 30.5 Å². The van der Waals surface area contributed by atoms with E-state index in [1.807, 2.05) is 18.5 Å². The molecule has 0 bridgehead atoms. The van der Waals surface area contributed by atoms with E-state index in [2.05, 4.69) is 10.4 Å². The molecule has 108 valence electrons. The maximum absolute atomic E-state index is 12.6. The minimum Gasteiger partial charge on any atom is -0.381 e. The molecule has 1 heterocycles. The summed E-state index contributed by atoms with van der Waals surface area (Å²) in [6, 6.07) is 5.19. The molecule has 20 heavy (non-hydrogen) atoms. The maximum atomic E-state index is 12.6. The fourth-order valence-electron chi connectivity index (χ4n) is 1.98. The van der Waals surface area contributed by atoms with Gasteiger partial charge in [-0.1, -0.05) is 6.07 Å². The van der Waals surface area contributed by atoms with Crippen LogP contribution in [0.4, 0.5) is 18.9 Å². The fourth-order valence-corrected chi connectivity index (χ4v) is 1.98. The summed E-state index contributed by atoms with van der Waals surface area (Å²) in [4.78, 5) is 0. The molecule has 0 fully saturated rings. The van der Waals surface area contributed by atoms with Crippen molar-refractivity contribution < 1.29 is 13.2 Å². The first-order valence-electron chi connectivity index (χ1n) is 6.34. The zero-order valence-electron chi connectivity index (χ0n) is 11.3. The molecule has 1 aromatic carbocycles. The number of benzene rings is 1. The quantitative estimate of drug-likeness (QED) is 0.923. The van der Waals surface area contributed by atoms with E-state index in [1.54, 1.807) is 12.3 Å². The molecule has 0 aliphatic carbocycles. The minimum atomic E-state index is -4.32. The van der Waals surface area contributed by atoms with Crippen LogP contribution in [0.25, 0.3) is 0 Å². The Morgan fingerprint density at radius 3 is 2.65 bits per heavy atom. The van der Waals surface area contributed by atoms with Gasteiger partial charge in [0, 0.05) is 30.0 Å². The van der Waals surface area contributed by atoms with Crippen LogP contribution in [-0.2, 0) is 19.3 Å². The van der Waals surface area contributed by atoms with Crippen LogP contribution in [-0.4, -0.2) is 9.78 Å². The molecule has 0 saturated heterocycles. The summed E-state index contributed by atoms with van der Waals surface area (Å²) in [5, 5.41) is 7.20. The van der Waals surface area contributed by atoms with E-state index in [1.165, 1.54) is 6.07 Å². The van der Waals surface area contributed by atoms with Crippen LogP contribution in [0.3, 0.4) is 0 Å². The number of hydrogen-bond donors (Lipinski definition) is 1. The maximum Gasteiger partial charge on any atom is 0.416 e. The summed E-state index contributed by atoms with van der Waals surface area (Å²) in [6.45, 7) is 5.16. The number of nitrogens with zero attached hydrogens (tertiary/aromatic N) is 2. The summed E-state index contributed by atoms with van der Waals surface area (Å²) >= 11 is 0. The molecule has 0 amide bonds. The second-order valence-electron chi connectivity index (χ2n) is 4.50. The molecule has 0 atom stereocenters. The lowest BCUT2D eigenvalue weighted by Gasteiger charge is -2.10. The van der Waals surface area contributed by atoms with E-state index in [0.717, 1.165) is 29.9 Å². The zero-order valence-corrected chi connectivity index (χ0v) is 11.3. The SMILES string of the molecule is CCn1ncc(CNc2cccc(C(F)(F)F)c2)c1C. The monoisotopic (exact) mass is 283 g/mol. The zero-order chi connectivity index (χ0) is 14.8. The normalized spacial score (nSPS) is 11.7. The summed E-state index contributed by atoms with van der Waals surface area (Å²) in [7, 11) is 0. The standard InChI is InChI=1S/C14H16F3N3/c1-3-20-10(2)11(9-19-20)8-18-13-6-4-5-12(7-13)14(15,16)17/h4-7,9,18H,3,8H2,1-2H3. The molecule has 0 saturated carbocycles. The molecule has 2 rings (SSSR count). The van der Waals surface area contributed by atoms with Gasteiger partial charge in [0.1, 0.15) is 0 Å². The summed E-state index contributed by atoms with van der Waals surface area (Å²) < 4.78 is 39.7. The predicted octanol–water partition coefficient (Wildman–Crippen LogP) is 3.84. The molecule has 0 radical (unpaired) electrons. The van der Waals surface area contributed by atoms with Crippen molar-refractivity contribution in [3.8, 4) is 0 Å². The molecule has 3 nitrogen and oxygen atoms in total. The number of nitrogens with one attached hydrogen (secondary N) is 1. The van der Waals surface area contributed by atoms with E-state index in [9.17, 15) is 13.2 Å². The molecule has 1 N–H and O–H groups in total. The van der Waals surface area contributed by atoms with E-state index < -0.39 is 11.7 Å². The highest BCUT2D eigenvalue weighted by atomic mass is 19.4. The van der Waals surface area contributed by atoms with Gasteiger partial charge in [-0.2, -0.15) is 18.3 Å². The van der Waals surface area contributed by atoms with Gasteiger partial charge in [0.25, 0.3) is 0 Å².